The van der Waals surface area contributed by atoms with Crippen molar-refractivity contribution in [1.82, 2.24) is 9.88 Å². The zero-order valence-corrected chi connectivity index (χ0v) is 16.1. The standard InChI is InChI=1S/C18H15ClN4OS.ClH/c19-15-4-5-16(25-15)22-6-8-23(9-7-22)18(24)14-3-1-2-13-12(10-20)11-21-17(13)14;/h1-5,11,21H,6-9H2;1H. The molecule has 5 nitrogen and oxygen atoms in total. The molecule has 0 saturated carbocycles. The molecule has 1 amide bonds. The van der Waals surface area contributed by atoms with Crippen molar-refractivity contribution in [2.75, 3.05) is 31.1 Å². The molecule has 3 heterocycles. The Bertz CT molecular complexity index is 983. The van der Waals surface area contributed by atoms with Crippen molar-refractivity contribution in [2.24, 2.45) is 0 Å². The number of nitriles is 1. The van der Waals surface area contributed by atoms with Crippen LogP contribution in [-0.2, 0) is 0 Å². The van der Waals surface area contributed by atoms with E-state index in [1.165, 1.54) is 0 Å². The molecule has 1 N–H and O–H groups in total. The zero-order valence-electron chi connectivity index (χ0n) is 13.7. The first-order valence-corrected chi connectivity index (χ1v) is 9.16. The molecule has 134 valence electrons. The molecule has 0 spiro atoms. The minimum Gasteiger partial charge on any atom is -0.360 e. The Balaban J connectivity index is 0.00000196. The van der Waals surface area contributed by atoms with Crippen LogP contribution in [-0.4, -0.2) is 42.0 Å². The Hall–Kier alpha value is -2.20. The van der Waals surface area contributed by atoms with Gasteiger partial charge in [0.25, 0.3) is 5.91 Å². The molecule has 8 heteroatoms. The van der Waals surface area contributed by atoms with E-state index in [4.69, 9.17) is 16.9 Å². The van der Waals surface area contributed by atoms with Crippen molar-refractivity contribution in [1.29, 1.82) is 5.26 Å². The van der Waals surface area contributed by atoms with E-state index in [0.717, 1.165) is 33.3 Å². The first-order valence-electron chi connectivity index (χ1n) is 7.97. The van der Waals surface area contributed by atoms with Gasteiger partial charge < -0.3 is 14.8 Å². The quantitative estimate of drug-likeness (QED) is 0.695. The maximum absolute atomic E-state index is 12.9. The second-order valence-corrected chi connectivity index (χ2v) is 7.59. The Morgan fingerprint density at radius 3 is 2.62 bits per heavy atom. The van der Waals surface area contributed by atoms with E-state index in [-0.39, 0.29) is 18.3 Å². The number of hydrogen-bond donors (Lipinski definition) is 1. The van der Waals surface area contributed by atoms with Gasteiger partial charge in [-0.15, -0.1) is 23.7 Å². The smallest absolute Gasteiger partial charge is 0.256 e. The summed E-state index contributed by atoms with van der Waals surface area (Å²) in [5.41, 5.74) is 1.91. The largest absolute Gasteiger partial charge is 0.360 e. The van der Waals surface area contributed by atoms with Crippen molar-refractivity contribution in [3.8, 4) is 6.07 Å². The number of nitrogens with zero attached hydrogens (tertiary/aromatic N) is 3. The highest BCUT2D eigenvalue weighted by Gasteiger charge is 2.24. The number of carbonyl (C=O) groups excluding carboxylic acids is 1. The Kier molecular flexibility index (Phi) is 5.42. The number of para-hydroxylation sites is 1. The van der Waals surface area contributed by atoms with Gasteiger partial charge in [-0.25, -0.2) is 0 Å². The van der Waals surface area contributed by atoms with Crippen LogP contribution in [0.25, 0.3) is 10.9 Å². The molecule has 0 radical (unpaired) electrons. The number of benzene rings is 1. The molecule has 2 aromatic heterocycles. The average Bonchev–Trinajstić information content (AvgIpc) is 3.27. The number of anilines is 1. The fourth-order valence-corrected chi connectivity index (χ4v) is 4.28. The van der Waals surface area contributed by atoms with E-state index in [9.17, 15) is 4.79 Å². The van der Waals surface area contributed by atoms with Gasteiger partial charge in [0.1, 0.15) is 6.07 Å². The van der Waals surface area contributed by atoms with Gasteiger partial charge >= 0.3 is 0 Å². The molecule has 1 saturated heterocycles. The molecule has 0 unspecified atom stereocenters. The Labute approximate surface area is 166 Å². The van der Waals surface area contributed by atoms with Crippen LogP contribution in [0, 0.1) is 11.3 Å². The third-order valence-electron chi connectivity index (χ3n) is 4.50. The van der Waals surface area contributed by atoms with E-state index in [0.29, 0.717) is 24.2 Å². The molecular weight excluding hydrogens is 391 g/mol. The molecule has 1 aliphatic heterocycles. The minimum absolute atomic E-state index is 0. The predicted molar refractivity (Wildman–Crippen MR) is 108 cm³/mol. The number of halogens is 2. The van der Waals surface area contributed by atoms with Crippen molar-refractivity contribution in [3.63, 3.8) is 0 Å². The number of carbonyl (C=O) groups is 1. The highest BCUT2D eigenvalue weighted by molar-refractivity contribution is 7.19. The zero-order chi connectivity index (χ0) is 17.4. The average molecular weight is 407 g/mol. The Morgan fingerprint density at radius 2 is 1.96 bits per heavy atom. The van der Waals surface area contributed by atoms with Crippen LogP contribution in [0.2, 0.25) is 4.34 Å². The van der Waals surface area contributed by atoms with Gasteiger partial charge in [0.15, 0.2) is 0 Å². The van der Waals surface area contributed by atoms with E-state index in [1.807, 2.05) is 35.2 Å². The maximum atomic E-state index is 12.9. The van der Waals surface area contributed by atoms with Crippen LogP contribution >= 0.6 is 35.3 Å². The maximum Gasteiger partial charge on any atom is 0.256 e. The van der Waals surface area contributed by atoms with E-state index >= 15 is 0 Å². The monoisotopic (exact) mass is 406 g/mol. The van der Waals surface area contributed by atoms with Gasteiger partial charge in [0.2, 0.25) is 0 Å². The summed E-state index contributed by atoms with van der Waals surface area (Å²) in [7, 11) is 0. The van der Waals surface area contributed by atoms with Crippen LogP contribution in [0.4, 0.5) is 5.00 Å². The number of piperazine rings is 1. The van der Waals surface area contributed by atoms with Crippen molar-refractivity contribution < 1.29 is 4.79 Å². The normalized spacial score (nSPS) is 14.2. The summed E-state index contributed by atoms with van der Waals surface area (Å²) in [6.07, 6.45) is 1.65. The third-order valence-corrected chi connectivity index (χ3v) is 5.80. The fourth-order valence-electron chi connectivity index (χ4n) is 3.20. The summed E-state index contributed by atoms with van der Waals surface area (Å²) in [4.78, 5) is 20.1. The van der Waals surface area contributed by atoms with Gasteiger partial charge in [-0.3, -0.25) is 4.79 Å². The van der Waals surface area contributed by atoms with Gasteiger partial charge in [-0.1, -0.05) is 23.7 Å². The van der Waals surface area contributed by atoms with Crippen molar-refractivity contribution in [3.05, 3.63) is 52.0 Å². The van der Waals surface area contributed by atoms with E-state index in [2.05, 4.69) is 16.0 Å². The highest BCUT2D eigenvalue weighted by atomic mass is 35.5. The summed E-state index contributed by atoms with van der Waals surface area (Å²) >= 11 is 7.57. The molecule has 3 aromatic rings. The first-order chi connectivity index (χ1) is 12.2. The van der Waals surface area contributed by atoms with Gasteiger partial charge in [0.05, 0.1) is 26.0 Å². The lowest BCUT2D eigenvalue weighted by atomic mass is 10.1. The van der Waals surface area contributed by atoms with Gasteiger partial charge in [-0.2, -0.15) is 5.26 Å². The van der Waals surface area contributed by atoms with Gasteiger partial charge in [-0.05, 0) is 18.2 Å². The fraction of sp³-hybridized carbons (Fsp3) is 0.222. The van der Waals surface area contributed by atoms with Gasteiger partial charge in [0, 0.05) is 37.8 Å². The second kappa shape index (κ2) is 7.58. The number of aromatic nitrogens is 1. The topological polar surface area (TPSA) is 63.1 Å². The summed E-state index contributed by atoms with van der Waals surface area (Å²) in [6, 6.07) is 11.6. The van der Waals surface area contributed by atoms with Crippen LogP contribution in [0.3, 0.4) is 0 Å². The lowest BCUT2D eigenvalue weighted by molar-refractivity contribution is 0.0749. The predicted octanol–water partition coefficient (Wildman–Crippen LogP) is 4.14. The number of fused-ring (bicyclic) bond motifs is 1. The number of amides is 1. The summed E-state index contributed by atoms with van der Waals surface area (Å²) in [6.45, 7) is 2.90. The summed E-state index contributed by atoms with van der Waals surface area (Å²) in [5.74, 6) is 0.000742. The van der Waals surface area contributed by atoms with Crippen LogP contribution in [0.5, 0.6) is 0 Å². The number of thiophene rings is 1. The molecule has 1 aliphatic rings. The Morgan fingerprint density at radius 1 is 1.19 bits per heavy atom. The number of H-pyrrole nitrogens is 1. The number of hydrogen-bond acceptors (Lipinski definition) is 4. The minimum atomic E-state index is 0. The molecule has 0 aliphatic carbocycles. The third kappa shape index (κ3) is 3.26. The molecule has 0 atom stereocenters. The lowest BCUT2D eigenvalue weighted by Gasteiger charge is -2.35. The summed E-state index contributed by atoms with van der Waals surface area (Å²) in [5, 5.41) is 11.1. The molecule has 0 bridgehead atoms. The molecule has 1 aromatic carbocycles. The SMILES string of the molecule is Cl.N#Cc1c[nH]c2c(C(=O)N3CCN(c4ccc(Cl)s4)CC3)cccc12. The van der Waals surface area contributed by atoms with Crippen LogP contribution < -0.4 is 4.90 Å². The number of aromatic amines is 1. The number of rotatable bonds is 2. The van der Waals surface area contributed by atoms with Crippen LogP contribution in [0.1, 0.15) is 15.9 Å². The van der Waals surface area contributed by atoms with Crippen molar-refractivity contribution in [2.45, 2.75) is 0 Å². The summed E-state index contributed by atoms with van der Waals surface area (Å²) < 4.78 is 0.778. The van der Waals surface area contributed by atoms with E-state index in [1.54, 1.807) is 17.5 Å². The number of nitrogens with one attached hydrogen (secondary N) is 1. The molecule has 1 fully saturated rings. The van der Waals surface area contributed by atoms with E-state index < -0.39 is 0 Å². The highest BCUT2D eigenvalue weighted by Crippen LogP contribution is 2.30. The molecule has 26 heavy (non-hydrogen) atoms. The molecule has 4 rings (SSSR count). The second-order valence-electron chi connectivity index (χ2n) is 5.90. The molecular formula is C18H16Cl2N4OS. The lowest BCUT2D eigenvalue weighted by Crippen LogP contribution is -2.48. The first kappa shape index (κ1) is 18.6. The van der Waals surface area contributed by atoms with Crippen LogP contribution in [0.15, 0.2) is 36.5 Å². The van der Waals surface area contributed by atoms with Crippen molar-refractivity contribution >= 4 is 57.2 Å².